The molecule has 0 aromatic heterocycles. The van der Waals surface area contributed by atoms with E-state index >= 15 is 0 Å². The van der Waals surface area contributed by atoms with Gasteiger partial charge >= 0.3 is 0 Å². The Hall–Kier alpha value is -1.49. The Kier molecular flexibility index (Phi) is 4.41. The van der Waals surface area contributed by atoms with Crippen molar-refractivity contribution >= 4 is 5.91 Å². The van der Waals surface area contributed by atoms with Crippen LogP contribution in [0.3, 0.4) is 0 Å². The Morgan fingerprint density at radius 1 is 1.42 bits per heavy atom. The van der Waals surface area contributed by atoms with Gasteiger partial charge in [0.2, 0.25) is 0 Å². The summed E-state index contributed by atoms with van der Waals surface area (Å²) in [6.45, 7) is 9.08. The standard InChI is InChI=1S/C19H31N3O2/c1-12(23)18(24)22-10-13-6-7-14(22)8-15(13)16-11-21(5)17(20-16)9-19(2,3)4/h8,11-14,17,20,23H,6-7,9-10H2,1-5H3. The van der Waals surface area contributed by atoms with Crippen molar-refractivity contribution < 1.29 is 9.90 Å². The van der Waals surface area contributed by atoms with E-state index in [9.17, 15) is 9.90 Å². The highest BCUT2D eigenvalue weighted by Crippen LogP contribution is 2.39. The van der Waals surface area contributed by atoms with Crippen molar-refractivity contribution in [3.8, 4) is 0 Å². The summed E-state index contributed by atoms with van der Waals surface area (Å²) in [6.07, 6.45) is 7.07. The zero-order valence-corrected chi connectivity index (χ0v) is 15.5. The molecule has 5 nitrogen and oxygen atoms in total. The molecule has 3 aliphatic heterocycles. The Labute approximate surface area is 145 Å². The van der Waals surface area contributed by atoms with E-state index in [1.165, 1.54) is 11.3 Å². The van der Waals surface area contributed by atoms with E-state index in [4.69, 9.17) is 0 Å². The maximum absolute atomic E-state index is 12.2. The van der Waals surface area contributed by atoms with Crippen LogP contribution in [0.4, 0.5) is 0 Å². The monoisotopic (exact) mass is 333 g/mol. The molecule has 5 heteroatoms. The molecular weight excluding hydrogens is 302 g/mol. The van der Waals surface area contributed by atoms with Gasteiger partial charge in [-0.1, -0.05) is 26.8 Å². The number of piperidine rings is 1. The van der Waals surface area contributed by atoms with E-state index in [0.717, 1.165) is 25.8 Å². The van der Waals surface area contributed by atoms with E-state index in [1.54, 1.807) is 6.92 Å². The van der Waals surface area contributed by atoms with Crippen LogP contribution >= 0.6 is 0 Å². The van der Waals surface area contributed by atoms with Crippen LogP contribution in [0.2, 0.25) is 0 Å². The van der Waals surface area contributed by atoms with Crippen molar-refractivity contribution in [2.24, 2.45) is 11.3 Å². The molecule has 4 rings (SSSR count). The van der Waals surface area contributed by atoms with E-state index in [-0.39, 0.29) is 17.4 Å². The number of nitrogens with zero attached hydrogens (tertiary/aromatic N) is 2. The molecule has 1 amide bonds. The van der Waals surface area contributed by atoms with Gasteiger partial charge in [-0.3, -0.25) is 4.79 Å². The maximum atomic E-state index is 12.2. The van der Waals surface area contributed by atoms with Crippen LogP contribution in [-0.4, -0.2) is 52.7 Å². The second-order valence-corrected chi connectivity index (χ2v) is 8.76. The molecule has 0 radical (unpaired) electrons. The third-order valence-corrected chi connectivity index (χ3v) is 5.34. The number of nitrogens with one attached hydrogen (secondary N) is 1. The first-order chi connectivity index (χ1) is 11.2. The summed E-state index contributed by atoms with van der Waals surface area (Å²) in [4.78, 5) is 16.3. The third kappa shape index (κ3) is 3.32. The number of hydrogen-bond donors (Lipinski definition) is 2. The average molecular weight is 333 g/mol. The van der Waals surface area contributed by atoms with Gasteiger partial charge in [-0.25, -0.2) is 0 Å². The summed E-state index contributed by atoms with van der Waals surface area (Å²) in [7, 11) is 2.13. The van der Waals surface area contributed by atoms with Crippen molar-refractivity contribution in [1.29, 1.82) is 0 Å². The predicted octanol–water partition coefficient (Wildman–Crippen LogP) is 2.05. The van der Waals surface area contributed by atoms with Crippen molar-refractivity contribution in [1.82, 2.24) is 15.1 Å². The number of aliphatic hydroxyl groups excluding tert-OH is 1. The molecule has 1 saturated heterocycles. The van der Waals surface area contributed by atoms with Gasteiger partial charge in [0.05, 0.1) is 17.9 Å². The number of allylic oxidation sites excluding steroid dienone is 1. The van der Waals surface area contributed by atoms with Gasteiger partial charge in [0, 0.05) is 25.7 Å². The number of fused-ring (bicyclic) bond motifs is 2. The maximum Gasteiger partial charge on any atom is 0.251 e. The molecule has 2 bridgehead atoms. The Morgan fingerprint density at radius 2 is 2.12 bits per heavy atom. The van der Waals surface area contributed by atoms with Gasteiger partial charge in [-0.2, -0.15) is 0 Å². The Morgan fingerprint density at radius 3 is 2.67 bits per heavy atom. The van der Waals surface area contributed by atoms with E-state index in [2.05, 4.69) is 50.3 Å². The first-order valence-corrected chi connectivity index (χ1v) is 9.06. The molecule has 0 aromatic rings. The Bertz CT molecular complexity index is 574. The number of carbonyl (C=O) groups is 1. The zero-order chi connectivity index (χ0) is 17.6. The second kappa shape index (κ2) is 6.10. The normalized spacial score (nSPS) is 30.8. The highest BCUT2D eigenvalue weighted by Gasteiger charge is 2.40. The molecular formula is C19H31N3O2. The number of aliphatic hydroxyl groups is 1. The molecule has 0 spiro atoms. The summed E-state index contributed by atoms with van der Waals surface area (Å²) in [5.41, 5.74) is 2.84. The van der Waals surface area contributed by atoms with E-state index in [1.807, 2.05) is 4.90 Å². The number of rotatable bonds is 3. The number of carbonyl (C=O) groups excluding carboxylic acids is 1. The summed E-state index contributed by atoms with van der Waals surface area (Å²) >= 11 is 0. The van der Waals surface area contributed by atoms with Crippen LogP contribution in [-0.2, 0) is 4.79 Å². The SMILES string of the molecule is CC(O)C(=O)N1CC2CCC1C=C2C1=CN(C)C(CC(C)(C)C)N1. The van der Waals surface area contributed by atoms with Crippen molar-refractivity contribution in [3.05, 3.63) is 23.5 Å². The van der Waals surface area contributed by atoms with Crippen LogP contribution in [0, 0.1) is 11.3 Å². The summed E-state index contributed by atoms with van der Waals surface area (Å²) in [5.74, 6) is 0.231. The molecule has 2 N–H and O–H groups in total. The molecule has 1 aliphatic carbocycles. The first kappa shape index (κ1) is 17.3. The van der Waals surface area contributed by atoms with E-state index < -0.39 is 6.10 Å². The van der Waals surface area contributed by atoms with Crippen LogP contribution in [0.15, 0.2) is 23.5 Å². The van der Waals surface area contributed by atoms with Gasteiger partial charge in [0.25, 0.3) is 5.91 Å². The fourth-order valence-electron chi connectivity index (χ4n) is 4.11. The van der Waals surface area contributed by atoms with Gasteiger partial charge in [-0.05, 0) is 37.2 Å². The highest BCUT2D eigenvalue weighted by atomic mass is 16.3. The van der Waals surface area contributed by atoms with Crippen molar-refractivity contribution in [2.75, 3.05) is 13.6 Å². The van der Waals surface area contributed by atoms with E-state index in [0.29, 0.717) is 12.1 Å². The lowest BCUT2D eigenvalue weighted by atomic mass is 9.78. The zero-order valence-electron chi connectivity index (χ0n) is 15.5. The lowest BCUT2D eigenvalue weighted by Crippen LogP contribution is -2.53. The fraction of sp³-hybridized carbons (Fsp3) is 0.737. The average Bonchev–Trinajstić information content (AvgIpc) is 2.85. The van der Waals surface area contributed by atoms with Crippen molar-refractivity contribution in [3.63, 3.8) is 0 Å². The van der Waals surface area contributed by atoms with Crippen LogP contribution in [0.25, 0.3) is 0 Å². The minimum atomic E-state index is -0.910. The minimum Gasteiger partial charge on any atom is -0.384 e. The molecule has 4 aliphatic rings. The largest absolute Gasteiger partial charge is 0.384 e. The van der Waals surface area contributed by atoms with Crippen LogP contribution in [0.5, 0.6) is 0 Å². The van der Waals surface area contributed by atoms with Gasteiger partial charge in [0.1, 0.15) is 6.10 Å². The smallest absolute Gasteiger partial charge is 0.251 e. The summed E-state index contributed by atoms with van der Waals surface area (Å²) in [5, 5.41) is 13.3. The summed E-state index contributed by atoms with van der Waals surface area (Å²) < 4.78 is 0. The first-order valence-electron chi connectivity index (χ1n) is 9.06. The Balaban J connectivity index is 1.74. The molecule has 0 saturated carbocycles. The van der Waals surface area contributed by atoms with Crippen LogP contribution < -0.4 is 5.32 Å². The number of amides is 1. The lowest BCUT2D eigenvalue weighted by molar-refractivity contribution is -0.143. The van der Waals surface area contributed by atoms with Gasteiger partial charge in [0.15, 0.2) is 0 Å². The quantitative estimate of drug-likeness (QED) is 0.830. The molecule has 4 atom stereocenters. The fourth-order valence-corrected chi connectivity index (χ4v) is 4.11. The predicted molar refractivity (Wildman–Crippen MR) is 94.8 cm³/mol. The number of hydrogen-bond acceptors (Lipinski definition) is 4. The topological polar surface area (TPSA) is 55.8 Å². The molecule has 4 unspecified atom stereocenters. The minimum absolute atomic E-state index is 0.127. The van der Waals surface area contributed by atoms with Gasteiger partial charge in [-0.15, -0.1) is 0 Å². The second-order valence-electron chi connectivity index (χ2n) is 8.76. The molecule has 134 valence electrons. The third-order valence-electron chi connectivity index (χ3n) is 5.34. The highest BCUT2D eigenvalue weighted by molar-refractivity contribution is 5.81. The summed E-state index contributed by atoms with van der Waals surface area (Å²) in [6, 6.07) is 0.127. The lowest BCUT2D eigenvalue weighted by Gasteiger charge is -2.45. The molecule has 24 heavy (non-hydrogen) atoms. The molecule has 0 aromatic carbocycles. The molecule has 3 heterocycles. The molecule has 1 fully saturated rings. The van der Waals surface area contributed by atoms with Crippen molar-refractivity contribution in [2.45, 2.75) is 65.3 Å². The van der Waals surface area contributed by atoms with Gasteiger partial charge < -0.3 is 20.2 Å². The van der Waals surface area contributed by atoms with Crippen LogP contribution in [0.1, 0.15) is 47.0 Å².